The topological polar surface area (TPSA) is 55.1 Å². The van der Waals surface area contributed by atoms with Crippen molar-refractivity contribution in [1.29, 1.82) is 0 Å². The summed E-state index contributed by atoms with van der Waals surface area (Å²) in [7, 11) is 0. The average Bonchev–Trinajstić information content (AvgIpc) is 2.48. The Balaban J connectivity index is 1.91. The van der Waals surface area contributed by atoms with Gasteiger partial charge in [-0.1, -0.05) is 58.4 Å². The van der Waals surface area contributed by atoms with Gasteiger partial charge in [0, 0.05) is 16.9 Å². The van der Waals surface area contributed by atoms with Crippen LogP contribution in [-0.4, -0.2) is 5.91 Å². The molecule has 0 aromatic heterocycles. The highest BCUT2D eigenvalue weighted by molar-refractivity contribution is 9.10. The molecular formula is C17H19BrN2O. The van der Waals surface area contributed by atoms with Crippen molar-refractivity contribution in [1.82, 2.24) is 5.32 Å². The minimum atomic E-state index is -0.275. The lowest BCUT2D eigenvalue weighted by Gasteiger charge is -2.17. The quantitative estimate of drug-likeness (QED) is 0.866. The zero-order valence-corrected chi connectivity index (χ0v) is 13.5. The van der Waals surface area contributed by atoms with Gasteiger partial charge in [-0.05, 0) is 30.2 Å². The van der Waals surface area contributed by atoms with Crippen LogP contribution in [-0.2, 0) is 4.79 Å². The summed E-state index contributed by atoms with van der Waals surface area (Å²) in [4.78, 5) is 12.1. The fourth-order valence-electron chi connectivity index (χ4n) is 2.15. The van der Waals surface area contributed by atoms with Crippen LogP contribution in [0.2, 0.25) is 0 Å². The second-order valence-corrected chi connectivity index (χ2v) is 5.98. The van der Waals surface area contributed by atoms with E-state index in [1.165, 1.54) is 0 Å². The average molecular weight is 347 g/mol. The molecule has 4 heteroatoms. The molecule has 3 nitrogen and oxygen atoms in total. The number of carbonyl (C=O) groups is 1. The molecule has 0 radical (unpaired) electrons. The monoisotopic (exact) mass is 346 g/mol. The Kier molecular flexibility index (Phi) is 5.53. The highest BCUT2D eigenvalue weighted by Crippen LogP contribution is 2.18. The molecule has 0 saturated heterocycles. The highest BCUT2D eigenvalue weighted by atomic mass is 79.9. The molecule has 110 valence electrons. The normalized spacial score (nSPS) is 13.5. The van der Waals surface area contributed by atoms with Gasteiger partial charge >= 0.3 is 0 Å². The molecule has 0 saturated carbocycles. The smallest absolute Gasteiger partial charge is 0.222 e. The van der Waals surface area contributed by atoms with E-state index in [2.05, 4.69) is 21.2 Å². The van der Waals surface area contributed by atoms with Crippen LogP contribution in [0.15, 0.2) is 59.1 Å². The van der Waals surface area contributed by atoms with Crippen molar-refractivity contribution in [2.75, 3.05) is 0 Å². The minimum Gasteiger partial charge on any atom is -0.350 e. The Morgan fingerprint density at radius 2 is 1.71 bits per heavy atom. The fraction of sp³-hybridized carbons (Fsp3) is 0.235. The van der Waals surface area contributed by atoms with Crippen LogP contribution in [0.1, 0.15) is 36.6 Å². The van der Waals surface area contributed by atoms with Crippen LogP contribution in [0.5, 0.6) is 0 Å². The molecule has 1 unspecified atom stereocenters. The van der Waals surface area contributed by atoms with Gasteiger partial charge in [0.15, 0.2) is 0 Å². The summed E-state index contributed by atoms with van der Waals surface area (Å²) in [5.74, 6) is -0.0400. The SMILES string of the molecule is C[C@H](NC(=O)CC(N)c1ccccc1)c1ccc(Br)cc1. The molecule has 2 rings (SSSR count). The zero-order valence-electron chi connectivity index (χ0n) is 11.9. The Morgan fingerprint density at radius 1 is 1.10 bits per heavy atom. The molecule has 2 atom stereocenters. The van der Waals surface area contributed by atoms with Gasteiger partial charge in [-0.15, -0.1) is 0 Å². The Bertz CT molecular complexity index is 583. The lowest BCUT2D eigenvalue weighted by molar-refractivity contribution is -0.122. The predicted molar refractivity (Wildman–Crippen MR) is 88.7 cm³/mol. The number of amides is 1. The third kappa shape index (κ3) is 4.69. The molecule has 0 aliphatic rings. The van der Waals surface area contributed by atoms with Gasteiger partial charge in [0.2, 0.25) is 5.91 Å². The third-order valence-electron chi connectivity index (χ3n) is 3.38. The molecule has 0 aliphatic carbocycles. The Labute approximate surface area is 133 Å². The van der Waals surface area contributed by atoms with E-state index >= 15 is 0 Å². The van der Waals surface area contributed by atoms with Crippen molar-refractivity contribution in [3.63, 3.8) is 0 Å². The zero-order chi connectivity index (χ0) is 15.2. The minimum absolute atomic E-state index is 0.0337. The molecule has 0 aliphatic heterocycles. The largest absolute Gasteiger partial charge is 0.350 e. The van der Waals surface area contributed by atoms with Crippen molar-refractivity contribution >= 4 is 21.8 Å². The summed E-state index contributed by atoms with van der Waals surface area (Å²) < 4.78 is 1.02. The van der Waals surface area contributed by atoms with E-state index in [4.69, 9.17) is 5.73 Å². The molecule has 0 bridgehead atoms. The summed E-state index contributed by atoms with van der Waals surface area (Å²) in [6.45, 7) is 1.97. The van der Waals surface area contributed by atoms with Crippen molar-refractivity contribution in [2.24, 2.45) is 5.73 Å². The molecular weight excluding hydrogens is 328 g/mol. The van der Waals surface area contributed by atoms with E-state index in [0.29, 0.717) is 0 Å². The number of hydrogen-bond acceptors (Lipinski definition) is 2. The van der Waals surface area contributed by atoms with Crippen LogP contribution in [0, 0.1) is 0 Å². The first-order valence-electron chi connectivity index (χ1n) is 6.91. The van der Waals surface area contributed by atoms with E-state index in [9.17, 15) is 4.79 Å². The van der Waals surface area contributed by atoms with E-state index in [1.54, 1.807) is 0 Å². The van der Waals surface area contributed by atoms with Gasteiger partial charge < -0.3 is 11.1 Å². The number of nitrogens with two attached hydrogens (primary N) is 1. The first-order chi connectivity index (χ1) is 10.1. The number of carbonyl (C=O) groups excluding carboxylic acids is 1. The molecule has 0 heterocycles. The van der Waals surface area contributed by atoms with E-state index in [1.807, 2.05) is 61.5 Å². The number of hydrogen-bond donors (Lipinski definition) is 2. The first kappa shape index (κ1) is 15.7. The number of benzene rings is 2. The van der Waals surface area contributed by atoms with E-state index in [-0.39, 0.29) is 24.4 Å². The molecule has 0 spiro atoms. The van der Waals surface area contributed by atoms with Gasteiger partial charge in [-0.3, -0.25) is 4.79 Å². The Morgan fingerprint density at radius 3 is 2.33 bits per heavy atom. The number of rotatable bonds is 5. The molecule has 0 fully saturated rings. The van der Waals surface area contributed by atoms with Gasteiger partial charge in [0.05, 0.1) is 6.04 Å². The third-order valence-corrected chi connectivity index (χ3v) is 3.91. The lowest BCUT2D eigenvalue weighted by Crippen LogP contribution is -2.29. The summed E-state index contributed by atoms with van der Waals surface area (Å²) >= 11 is 3.40. The van der Waals surface area contributed by atoms with Gasteiger partial charge in [-0.25, -0.2) is 0 Å². The summed E-state index contributed by atoms with van der Waals surface area (Å²) in [6.07, 6.45) is 0.283. The maximum absolute atomic E-state index is 12.1. The van der Waals surface area contributed by atoms with Crippen molar-refractivity contribution in [3.8, 4) is 0 Å². The second kappa shape index (κ2) is 7.38. The maximum Gasteiger partial charge on any atom is 0.222 e. The van der Waals surface area contributed by atoms with Gasteiger partial charge in [0.1, 0.15) is 0 Å². The second-order valence-electron chi connectivity index (χ2n) is 5.06. The van der Waals surface area contributed by atoms with Gasteiger partial charge in [-0.2, -0.15) is 0 Å². The molecule has 2 aromatic carbocycles. The summed E-state index contributed by atoms with van der Waals surface area (Å²) in [5.41, 5.74) is 8.11. The van der Waals surface area contributed by atoms with Crippen LogP contribution in [0.3, 0.4) is 0 Å². The van der Waals surface area contributed by atoms with Crippen LogP contribution in [0.25, 0.3) is 0 Å². The highest BCUT2D eigenvalue weighted by Gasteiger charge is 2.14. The van der Waals surface area contributed by atoms with Crippen molar-refractivity contribution in [3.05, 3.63) is 70.2 Å². The van der Waals surface area contributed by atoms with Crippen LogP contribution < -0.4 is 11.1 Å². The molecule has 2 aromatic rings. The first-order valence-corrected chi connectivity index (χ1v) is 7.71. The maximum atomic E-state index is 12.1. The van der Waals surface area contributed by atoms with E-state index < -0.39 is 0 Å². The van der Waals surface area contributed by atoms with Crippen LogP contribution >= 0.6 is 15.9 Å². The standard InChI is InChI=1S/C17H19BrN2O/c1-12(13-7-9-15(18)10-8-13)20-17(21)11-16(19)14-5-3-2-4-6-14/h2-10,12,16H,11,19H2,1H3,(H,20,21)/t12-,16?/m0/s1. The van der Waals surface area contributed by atoms with Gasteiger partial charge in [0.25, 0.3) is 0 Å². The molecule has 21 heavy (non-hydrogen) atoms. The number of halogens is 1. The van der Waals surface area contributed by atoms with Crippen LogP contribution in [0.4, 0.5) is 0 Å². The lowest BCUT2D eigenvalue weighted by atomic mass is 10.0. The van der Waals surface area contributed by atoms with Crippen molar-refractivity contribution in [2.45, 2.75) is 25.4 Å². The molecule has 3 N–H and O–H groups in total. The summed E-state index contributed by atoms with van der Waals surface area (Å²) in [5, 5.41) is 2.98. The van der Waals surface area contributed by atoms with E-state index in [0.717, 1.165) is 15.6 Å². The van der Waals surface area contributed by atoms with Crippen molar-refractivity contribution < 1.29 is 4.79 Å². The fourth-order valence-corrected chi connectivity index (χ4v) is 2.42. The molecule has 1 amide bonds. The number of nitrogens with one attached hydrogen (secondary N) is 1. The predicted octanol–water partition coefficient (Wildman–Crippen LogP) is 3.72. The Hall–Kier alpha value is -1.65. The summed E-state index contributed by atoms with van der Waals surface area (Å²) in [6, 6.07) is 17.3.